The number of anilines is 1. The van der Waals surface area contributed by atoms with Crippen LogP contribution in [0.5, 0.6) is 11.5 Å². The van der Waals surface area contributed by atoms with Crippen LogP contribution in [-0.4, -0.2) is 25.3 Å². The van der Waals surface area contributed by atoms with Crippen molar-refractivity contribution in [3.8, 4) is 11.5 Å². The second-order valence-corrected chi connectivity index (χ2v) is 8.42. The van der Waals surface area contributed by atoms with Gasteiger partial charge < -0.3 is 14.8 Å². The lowest BCUT2D eigenvalue weighted by atomic mass is 10.2. The minimum absolute atomic E-state index is 0.114. The van der Waals surface area contributed by atoms with Crippen molar-refractivity contribution in [2.24, 2.45) is 5.10 Å². The van der Waals surface area contributed by atoms with Crippen LogP contribution >= 0.6 is 27.5 Å². The summed E-state index contributed by atoms with van der Waals surface area (Å²) in [4.78, 5) is 12.1. The lowest BCUT2D eigenvalue weighted by Gasteiger charge is -2.15. The Bertz CT molecular complexity index is 1120. The summed E-state index contributed by atoms with van der Waals surface area (Å²) in [6.07, 6.45) is 1.55. The maximum absolute atomic E-state index is 12.1. The van der Waals surface area contributed by atoms with Gasteiger partial charge in [-0.25, -0.2) is 5.43 Å². The molecule has 0 spiro atoms. The summed E-state index contributed by atoms with van der Waals surface area (Å²) in [5.74, 6) is 0.878. The first kappa shape index (κ1) is 24.6. The predicted molar refractivity (Wildman–Crippen MR) is 137 cm³/mol. The molecular formula is C25H25BrClN3O3. The molecular weight excluding hydrogens is 506 g/mol. The molecule has 0 heterocycles. The van der Waals surface area contributed by atoms with Crippen molar-refractivity contribution in [2.75, 3.05) is 18.5 Å². The fraction of sp³-hybridized carbons (Fsp3) is 0.200. The molecule has 0 aliphatic heterocycles. The van der Waals surface area contributed by atoms with Gasteiger partial charge in [0, 0.05) is 16.3 Å². The maximum Gasteiger partial charge on any atom is 0.259 e. The van der Waals surface area contributed by atoms with E-state index in [1.165, 1.54) is 0 Å². The Balaban J connectivity index is 1.61. The first-order valence-electron chi connectivity index (χ1n) is 10.4. The number of aryl methyl sites for hydroxylation is 1. The van der Waals surface area contributed by atoms with E-state index in [4.69, 9.17) is 21.1 Å². The van der Waals surface area contributed by atoms with E-state index in [-0.39, 0.29) is 12.5 Å². The van der Waals surface area contributed by atoms with Gasteiger partial charge in [-0.15, -0.1) is 0 Å². The Morgan fingerprint density at radius 2 is 1.88 bits per heavy atom. The van der Waals surface area contributed by atoms with Gasteiger partial charge in [0.15, 0.2) is 11.5 Å². The van der Waals surface area contributed by atoms with Gasteiger partial charge in [0.2, 0.25) is 0 Å². The molecule has 2 N–H and O–H groups in total. The topological polar surface area (TPSA) is 72.0 Å². The number of hydrogen-bond donors (Lipinski definition) is 2. The normalized spacial score (nSPS) is 10.8. The van der Waals surface area contributed by atoms with Gasteiger partial charge in [0.25, 0.3) is 5.91 Å². The highest BCUT2D eigenvalue weighted by Crippen LogP contribution is 2.37. The lowest BCUT2D eigenvalue weighted by molar-refractivity contribution is -0.119. The molecule has 0 atom stereocenters. The zero-order valence-electron chi connectivity index (χ0n) is 18.4. The second-order valence-electron chi connectivity index (χ2n) is 7.16. The Hall–Kier alpha value is -3.03. The van der Waals surface area contributed by atoms with Crippen molar-refractivity contribution >= 4 is 45.3 Å². The third-order valence-electron chi connectivity index (χ3n) is 4.57. The first-order valence-corrected chi connectivity index (χ1v) is 11.6. The number of hydrogen-bond acceptors (Lipinski definition) is 5. The molecule has 1 amide bonds. The summed E-state index contributed by atoms with van der Waals surface area (Å²) in [7, 11) is 0. The summed E-state index contributed by atoms with van der Waals surface area (Å²) < 4.78 is 12.4. The molecule has 3 rings (SSSR count). The van der Waals surface area contributed by atoms with Crippen LogP contribution in [0, 0.1) is 6.92 Å². The second kappa shape index (κ2) is 12.3. The number of hydrazone groups is 1. The Labute approximate surface area is 207 Å². The van der Waals surface area contributed by atoms with Crippen LogP contribution in [0.15, 0.2) is 70.2 Å². The monoisotopic (exact) mass is 529 g/mol. The van der Waals surface area contributed by atoms with E-state index in [9.17, 15) is 4.79 Å². The zero-order valence-corrected chi connectivity index (χ0v) is 20.7. The molecule has 0 aromatic heterocycles. The summed E-state index contributed by atoms with van der Waals surface area (Å²) >= 11 is 9.76. The number of benzene rings is 3. The van der Waals surface area contributed by atoms with E-state index in [2.05, 4.69) is 31.8 Å². The van der Waals surface area contributed by atoms with Gasteiger partial charge in [-0.1, -0.05) is 47.5 Å². The number of nitrogens with zero attached hydrogens (tertiary/aromatic N) is 1. The molecule has 0 aliphatic rings. The average Bonchev–Trinajstić information content (AvgIpc) is 2.79. The molecule has 0 radical (unpaired) electrons. The molecule has 3 aromatic rings. The summed E-state index contributed by atoms with van der Waals surface area (Å²) in [5.41, 5.74) is 6.16. The van der Waals surface area contributed by atoms with E-state index in [0.29, 0.717) is 34.2 Å². The number of nitrogens with one attached hydrogen (secondary N) is 2. The Morgan fingerprint density at radius 3 is 2.61 bits per heavy atom. The Morgan fingerprint density at radius 1 is 1.12 bits per heavy atom. The third kappa shape index (κ3) is 7.51. The smallest absolute Gasteiger partial charge is 0.259 e. The van der Waals surface area contributed by atoms with E-state index in [1.54, 1.807) is 12.3 Å². The minimum Gasteiger partial charge on any atom is -0.490 e. The van der Waals surface area contributed by atoms with Gasteiger partial charge in [0.1, 0.15) is 6.61 Å². The summed E-state index contributed by atoms with van der Waals surface area (Å²) in [6, 6.07) is 19.0. The van der Waals surface area contributed by atoms with Crippen LogP contribution < -0.4 is 20.2 Å². The Kier molecular flexibility index (Phi) is 9.15. The van der Waals surface area contributed by atoms with Crippen LogP contribution in [0.25, 0.3) is 0 Å². The van der Waals surface area contributed by atoms with Crippen molar-refractivity contribution in [1.29, 1.82) is 0 Å². The molecule has 6 nitrogen and oxygen atoms in total. The number of carbonyl (C=O) groups excluding carboxylic acids is 1. The van der Waals surface area contributed by atoms with Crippen molar-refractivity contribution in [3.05, 3.63) is 86.8 Å². The number of carbonyl (C=O) groups is 1. The highest BCUT2D eigenvalue weighted by molar-refractivity contribution is 9.10. The van der Waals surface area contributed by atoms with Gasteiger partial charge >= 0.3 is 0 Å². The largest absolute Gasteiger partial charge is 0.490 e. The molecule has 8 heteroatoms. The quantitative estimate of drug-likeness (QED) is 0.251. The number of amides is 1. The van der Waals surface area contributed by atoms with Gasteiger partial charge in [0.05, 0.1) is 23.8 Å². The van der Waals surface area contributed by atoms with Crippen LogP contribution in [0.2, 0.25) is 5.02 Å². The minimum atomic E-state index is -0.254. The molecule has 0 saturated carbocycles. The fourth-order valence-electron chi connectivity index (χ4n) is 2.90. The van der Waals surface area contributed by atoms with Gasteiger partial charge in [-0.05, 0) is 65.7 Å². The molecule has 172 valence electrons. The van der Waals surface area contributed by atoms with Crippen molar-refractivity contribution in [2.45, 2.75) is 20.5 Å². The zero-order chi connectivity index (χ0) is 23.6. The van der Waals surface area contributed by atoms with E-state index < -0.39 is 0 Å². The number of ether oxygens (including phenoxy) is 2. The maximum atomic E-state index is 12.1. The molecule has 0 bridgehead atoms. The lowest BCUT2D eigenvalue weighted by Crippen LogP contribution is -2.25. The fourth-order valence-corrected chi connectivity index (χ4v) is 3.67. The predicted octanol–water partition coefficient (Wildman–Crippen LogP) is 5.95. The van der Waals surface area contributed by atoms with Crippen molar-refractivity contribution in [3.63, 3.8) is 0 Å². The third-order valence-corrected chi connectivity index (χ3v) is 5.53. The first-order chi connectivity index (χ1) is 16.0. The number of rotatable bonds is 10. The van der Waals surface area contributed by atoms with Crippen LogP contribution in [0.1, 0.15) is 23.6 Å². The van der Waals surface area contributed by atoms with E-state index in [1.807, 2.05) is 68.4 Å². The number of halogens is 2. The average molecular weight is 531 g/mol. The van der Waals surface area contributed by atoms with Crippen molar-refractivity contribution < 1.29 is 14.3 Å². The molecule has 3 aromatic carbocycles. The van der Waals surface area contributed by atoms with Crippen LogP contribution in [0.4, 0.5) is 5.69 Å². The molecule has 0 saturated heterocycles. The molecule has 33 heavy (non-hydrogen) atoms. The molecule has 0 fully saturated rings. The molecule has 0 aliphatic carbocycles. The van der Waals surface area contributed by atoms with Crippen molar-refractivity contribution in [1.82, 2.24) is 5.43 Å². The SMILES string of the molecule is CCOc1cc(/C=N\NC(=O)CNc2ccc(C)cc2)cc(Br)c1OCc1ccccc1Cl. The van der Waals surface area contributed by atoms with Gasteiger partial charge in [-0.2, -0.15) is 5.10 Å². The van der Waals surface area contributed by atoms with E-state index >= 15 is 0 Å². The van der Waals surface area contributed by atoms with E-state index in [0.717, 1.165) is 22.4 Å². The van der Waals surface area contributed by atoms with Gasteiger partial charge in [-0.3, -0.25) is 4.79 Å². The van der Waals surface area contributed by atoms with Crippen LogP contribution in [-0.2, 0) is 11.4 Å². The molecule has 0 unspecified atom stereocenters. The standard InChI is InChI=1S/C25H25BrClN3O3/c1-3-32-23-13-18(12-21(26)25(23)33-16-19-6-4-5-7-22(19)27)14-29-30-24(31)15-28-20-10-8-17(2)9-11-20/h4-14,28H,3,15-16H2,1-2H3,(H,30,31)/b29-14-. The highest BCUT2D eigenvalue weighted by Gasteiger charge is 2.13. The summed E-state index contributed by atoms with van der Waals surface area (Å²) in [5, 5.41) is 7.74. The van der Waals surface area contributed by atoms with Crippen LogP contribution in [0.3, 0.4) is 0 Å². The highest BCUT2D eigenvalue weighted by atomic mass is 79.9. The summed E-state index contributed by atoms with van der Waals surface area (Å²) in [6.45, 7) is 4.79.